The van der Waals surface area contributed by atoms with Crippen LogP contribution in [0.2, 0.25) is 0 Å². The molecular weight excluding hydrogens is 372 g/mol. The second-order valence-electron chi connectivity index (χ2n) is 12.3. The van der Waals surface area contributed by atoms with Crippen LogP contribution in [0.1, 0.15) is 98.8 Å². The van der Waals surface area contributed by atoms with Crippen LogP contribution in [-0.2, 0) is 14.4 Å². The summed E-state index contributed by atoms with van der Waals surface area (Å²) in [5.41, 5.74) is 0.261. The van der Waals surface area contributed by atoms with Crippen molar-refractivity contribution in [2.45, 2.75) is 98.8 Å². The fraction of sp³-hybridized carbons (Fsp3) is 0.889. The lowest BCUT2D eigenvalue weighted by atomic mass is 9.44. The maximum Gasteiger partial charge on any atom is 0.137 e. The first-order chi connectivity index (χ1) is 14.1. The van der Waals surface area contributed by atoms with Crippen LogP contribution in [0.3, 0.4) is 0 Å². The Morgan fingerprint density at radius 2 is 1.70 bits per heavy atom. The van der Waals surface area contributed by atoms with Gasteiger partial charge in [0.2, 0.25) is 0 Å². The average Bonchev–Trinajstić information content (AvgIpc) is 2.96. The predicted octanol–water partition coefficient (Wildman–Crippen LogP) is 6.03. The van der Waals surface area contributed by atoms with E-state index < -0.39 is 0 Å². The minimum atomic E-state index is -0.137. The van der Waals surface area contributed by atoms with E-state index in [1.165, 1.54) is 12.8 Å². The van der Waals surface area contributed by atoms with Crippen molar-refractivity contribution < 1.29 is 14.4 Å². The van der Waals surface area contributed by atoms with E-state index in [1.807, 2.05) is 6.92 Å². The second-order valence-corrected chi connectivity index (χ2v) is 12.3. The Labute approximate surface area is 183 Å². The molecule has 30 heavy (non-hydrogen) atoms. The zero-order chi connectivity index (χ0) is 21.8. The van der Waals surface area contributed by atoms with Crippen LogP contribution in [-0.4, -0.2) is 17.3 Å². The summed E-state index contributed by atoms with van der Waals surface area (Å²) in [6.07, 6.45) is 9.38. The van der Waals surface area contributed by atoms with Gasteiger partial charge in [-0.15, -0.1) is 0 Å². The van der Waals surface area contributed by atoms with E-state index in [4.69, 9.17) is 0 Å². The normalized spacial score (nSPS) is 44.4. The van der Waals surface area contributed by atoms with E-state index in [2.05, 4.69) is 27.7 Å². The van der Waals surface area contributed by atoms with Gasteiger partial charge in [-0.3, -0.25) is 14.4 Å². The molecule has 4 rings (SSSR count). The van der Waals surface area contributed by atoms with Gasteiger partial charge in [0, 0.05) is 37.5 Å². The number of carbonyl (C=O) groups excluding carboxylic acids is 3. The van der Waals surface area contributed by atoms with E-state index in [0.29, 0.717) is 59.8 Å². The first-order valence-corrected chi connectivity index (χ1v) is 12.6. The van der Waals surface area contributed by atoms with E-state index in [1.54, 1.807) is 0 Å². The molecule has 0 aliphatic heterocycles. The average molecular weight is 415 g/mol. The number of hydrogen-bond donors (Lipinski definition) is 0. The van der Waals surface area contributed by atoms with Crippen molar-refractivity contribution in [2.75, 3.05) is 0 Å². The topological polar surface area (TPSA) is 51.2 Å². The third kappa shape index (κ3) is 3.43. The zero-order valence-corrected chi connectivity index (χ0v) is 19.8. The fourth-order valence-electron chi connectivity index (χ4n) is 8.57. The van der Waals surface area contributed by atoms with Crippen molar-refractivity contribution >= 4 is 17.3 Å². The standard InChI is InChI=1S/C27H42O3/c1-16(2)6-9-23(29)17(3)25-24(30)15-22-20-8-7-18-14-19(28)10-12-26(18,4)21(20)11-13-27(22,25)5/h16-18,20-22,25H,6-15H2,1-5H3. The number of Topliss-reactive ketones (excluding diaryl/α,β-unsaturated/α-hetero) is 3. The summed E-state index contributed by atoms with van der Waals surface area (Å²) in [4.78, 5) is 38.4. The van der Waals surface area contributed by atoms with Crippen LogP contribution in [0.5, 0.6) is 0 Å². The van der Waals surface area contributed by atoms with Gasteiger partial charge in [0.05, 0.1) is 0 Å². The SMILES string of the molecule is CC(C)CCC(=O)C(C)C1C(=O)CC2C3CCC4CC(=O)CCC4(C)C3CCC21C. The lowest BCUT2D eigenvalue weighted by Gasteiger charge is -2.60. The van der Waals surface area contributed by atoms with Crippen LogP contribution in [0.15, 0.2) is 0 Å². The van der Waals surface area contributed by atoms with Crippen LogP contribution in [0, 0.1) is 52.3 Å². The molecular formula is C27H42O3. The van der Waals surface area contributed by atoms with Gasteiger partial charge in [-0.1, -0.05) is 34.6 Å². The van der Waals surface area contributed by atoms with Crippen molar-refractivity contribution in [3.63, 3.8) is 0 Å². The van der Waals surface area contributed by atoms with Crippen molar-refractivity contribution in [3.05, 3.63) is 0 Å². The summed E-state index contributed by atoms with van der Waals surface area (Å²) in [6.45, 7) is 11.2. The highest BCUT2D eigenvalue weighted by Crippen LogP contribution is 2.67. The van der Waals surface area contributed by atoms with Crippen molar-refractivity contribution in [2.24, 2.45) is 52.3 Å². The summed E-state index contributed by atoms with van der Waals surface area (Å²) in [7, 11) is 0. The largest absolute Gasteiger partial charge is 0.300 e. The Morgan fingerprint density at radius 3 is 2.40 bits per heavy atom. The number of rotatable bonds is 5. The van der Waals surface area contributed by atoms with Gasteiger partial charge in [-0.25, -0.2) is 0 Å². The van der Waals surface area contributed by atoms with Crippen LogP contribution in [0.4, 0.5) is 0 Å². The molecule has 168 valence electrons. The molecule has 4 saturated carbocycles. The second kappa shape index (κ2) is 7.85. The molecule has 0 radical (unpaired) electrons. The first-order valence-electron chi connectivity index (χ1n) is 12.6. The molecule has 3 nitrogen and oxygen atoms in total. The maximum atomic E-state index is 13.3. The summed E-state index contributed by atoms with van der Waals surface area (Å²) in [5.74, 6) is 3.67. The molecule has 4 aliphatic carbocycles. The summed E-state index contributed by atoms with van der Waals surface area (Å²) >= 11 is 0. The molecule has 4 fully saturated rings. The lowest BCUT2D eigenvalue weighted by molar-refractivity contribution is -0.143. The Morgan fingerprint density at radius 1 is 0.967 bits per heavy atom. The number of fused-ring (bicyclic) bond motifs is 5. The van der Waals surface area contributed by atoms with E-state index in [-0.39, 0.29) is 22.7 Å². The summed E-state index contributed by atoms with van der Waals surface area (Å²) in [6, 6.07) is 0. The monoisotopic (exact) mass is 414 g/mol. The first kappa shape index (κ1) is 22.2. The van der Waals surface area contributed by atoms with Gasteiger partial charge in [0.25, 0.3) is 0 Å². The molecule has 8 atom stereocenters. The third-order valence-electron chi connectivity index (χ3n) is 10.4. The van der Waals surface area contributed by atoms with E-state index in [0.717, 1.165) is 38.5 Å². The molecule has 4 aliphatic rings. The molecule has 0 N–H and O–H groups in total. The smallest absolute Gasteiger partial charge is 0.137 e. The minimum absolute atomic E-state index is 0.0150. The Bertz CT molecular complexity index is 724. The number of ketones is 3. The van der Waals surface area contributed by atoms with Crippen LogP contribution < -0.4 is 0 Å². The molecule has 0 spiro atoms. The molecule has 0 heterocycles. The van der Waals surface area contributed by atoms with E-state index >= 15 is 0 Å². The highest BCUT2D eigenvalue weighted by atomic mass is 16.1. The van der Waals surface area contributed by atoms with Gasteiger partial charge < -0.3 is 0 Å². The lowest BCUT2D eigenvalue weighted by Crippen LogP contribution is -2.54. The molecule has 0 bridgehead atoms. The van der Waals surface area contributed by atoms with Crippen molar-refractivity contribution in [1.82, 2.24) is 0 Å². The van der Waals surface area contributed by atoms with E-state index in [9.17, 15) is 14.4 Å². The summed E-state index contributed by atoms with van der Waals surface area (Å²) < 4.78 is 0. The molecule has 0 amide bonds. The zero-order valence-electron chi connectivity index (χ0n) is 19.8. The molecule has 8 unspecified atom stereocenters. The minimum Gasteiger partial charge on any atom is -0.300 e. The van der Waals surface area contributed by atoms with Gasteiger partial charge >= 0.3 is 0 Å². The molecule has 0 aromatic carbocycles. The quantitative estimate of drug-likeness (QED) is 0.551. The van der Waals surface area contributed by atoms with Crippen LogP contribution >= 0.6 is 0 Å². The molecule has 0 aromatic heterocycles. The van der Waals surface area contributed by atoms with Crippen molar-refractivity contribution in [3.8, 4) is 0 Å². The maximum absolute atomic E-state index is 13.3. The fourth-order valence-corrected chi connectivity index (χ4v) is 8.57. The highest BCUT2D eigenvalue weighted by Gasteiger charge is 2.63. The van der Waals surface area contributed by atoms with Crippen LogP contribution in [0.25, 0.3) is 0 Å². The molecule has 3 heteroatoms. The Kier molecular flexibility index (Phi) is 5.81. The Hall–Kier alpha value is -0.990. The van der Waals surface area contributed by atoms with Gasteiger partial charge in [0.15, 0.2) is 0 Å². The predicted molar refractivity (Wildman–Crippen MR) is 119 cm³/mol. The van der Waals surface area contributed by atoms with Gasteiger partial charge in [-0.05, 0) is 78.9 Å². The highest BCUT2D eigenvalue weighted by molar-refractivity contribution is 5.92. The van der Waals surface area contributed by atoms with Gasteiger partial charge in [-0.2, -0.15) is 0 Å². The third-order valence-corrected chi connectivity index (χ3v) is 10.4. The van der Waals surface area contributed by atoms with Crippen molar-refractivity contribution in [1.29, 1.82) is 0 Å². The number of carbonyl (C=O) groups is 3. The summed E-state index contributed by atoms with van der Waals surface area (Å²) in [5, 5.41) is 0. The Balaban J connectivity index is 1.55. The number of hydrogen-bond acceptors (Lipinski definition) is 3. The molecule has 0 saturated heterocycles. The van der Waals surface area contributed by atoms with Gasteiger partial charge in [0.1, 0.15) is 17.3 Å². The molecule has 0 aromatic rings.